The molecular weight excluding hydrogens is 222 g/mol. The van der Waals surface area contributed by atoms with Crippen molar-refractivity contribution in [1.29, 1.82) is 0 Å². The van der Waals surface area contributed by atoms with Gasteiger partial charge >= 0.3 is 0 Å². The Hall–Kier alpha value is -0.120. The van der Waals surface area contributed by atoms with E-state index in [4.69, 9.17) is 5.73 Å². The van der Waals surface area contributed by atoms with Crippen LogP contribution in [-0.4, -0.2) is 55.6 Å². The van der Waals surface area contributed by atoms with Crippen LogP contribution in [0.15, 0.2) is 0 Å². The zero-order valence-corrected chi connectivity index (χ0v) is 12.3. The molecule has 2 rings (SSSR count). The molecule has 1 heterocycles. The van der Waals surface area contributed by atoms with Crippen molar-refractivity contribution in [3.05, 3.63) is 0 Å². The third-order valence-corrected chi connectivity index (χ3v) is 5.07. The van der Waals surface area contributed by atoms with E-state index in [1.165, 1.54) is 58.0 Å². The second-order valence-electron chi connectivity index (χ2n) is 6.54. The van der Waals surface area contributed by atoms with Crippen molar-refractivity contribution in [3.63, 3.8) is 0 Å². The molecule has 18 heavy (non-hydrogen) atoms. The minimum Gasteiger partial charge on any atom is -0.326 e. The van der Waals surface area contributed by atoms with Crippen molar-refractivity contribution < 1.29 is 0 Å². The van der Waals surface area contributed by atoms with E-state index in [-0.39, 0.29) is 0 Å². The van der Waals surface area contributed by atoms with Crippen LogP contribution in [0, 0.1) is 5.92 Å². The lowest BCUT2D eigenvalue weighted by Crippen LogP contribution is -2.48. The normalized spacial score (nSPS) is 26.7. The van der Waals surface area contributed by atoms with Crippen molar-refractivity contribution in [3.8, 4) is 0 Å². The molecule has 1 atom stereocenters. The summed E-state index contributed by atoms with van der Waals surface area (Å²) in [7, 11) is 4.50. The van der Waals surface area contributed by atoms with Crippen molar-refractivity contribution in [2.45, 2.75) is 57.0 Å². The second kappa shape index (κ2) is 6.88. The van der Waals surface area contributed by atoms with Crippen LogP contribution in [0.25, 0.3) is 0 Å². The largest absolute Gasteiger partial charge is 0.326 e. The summed E-state index contributed by atoms with van der Waals surface area (Å²) < 4.78 is 0. The average Bonchev–Trinajstić information content (AvgIpc) is 2.40. The lowest BCUT2D eigenvalue weighted by atomic mass is 9.84. The Morgan fingerprint density at radius 1 is 1.11 bits per heavy atom. The Kier molecular flexibility index (Phi) is 5.46. The van der Waals surface area contributed by atoms with E-state index in [1.54, 1.807) is 0 Å². The zero-order valence-electron chi connectivity index (χ0n) is 12.3. The lowest BCUT2D eigenvalue weighted by Gasteiger charge is -2.38. The lowest BCUT2D eigenvalue weighted by molar-refractivity contribution is 0.126. The molecule has 2 aliphatic rings. The maximum Gasteiger partial charge on any atom is 0.0196 e. The van der Waals surface area contributed by atoms with Gasteiger partial charge in [0.2, 0.25) is 0 Å². The van der Waals surface area contributed by atoms with E-state index in [0.717, 1.165) is 18.5 Å². The summed E-state index contributed by atoms with van der Waals surface area (Å²) in [6.45, 7) is 3.58. The molecule has 0 amide bonds. The maximum absolute atomic E-state index is 6.43. The summed E-state index contributed by atoms with van der Waals surface area (Å²) >= 11 is 0. The Morgan fingerprint density at radius 2 is 1.72 bits per heavy atom. The third kappa shape index (κ3) is 3.94. The standard InChI is InChI=1S/C15H31N3/c1-17-10-8-14(9-11-17)18(2)12-15(16)13-6-4-3-5-7-13/h13-15H,3-12,16H2,1-2H3. The molecule has 3 heteroatoms. The number of likely N-dealkylation sites (tertiary alicyclic amines) is 1. The number of hydrogen-bond acceptors (Lipinski definition) is 3. The molecule has 1 unspecified atom stereocenters. The van der Waals surface area contributed by atoms with Gasteiger partial charge in [0.1, 0.15) is 0 Å². The van der Waals surface area contributed by atoms with Crippen LogP contribution in [0.1, 0.15) is 44.9 Å². The van der Waals surface area contributed by atoms with E-state index >= 15 is 0 Å². The smallest absolute Gasteiger partial charge is 0.0196 e. The highest BCUT2D eigenvalue weighted by atomic mass is 15.2. The molecule has 0 aromatic carbocycles. The number of piperidine rings is 1. The molecule has 0 aromatic heterocycles. The first-order valence-corrected chi connectivity index (χ1v) is 7.81. The van der Waals surface area contributed by atoms with Gasteiger partial charge in [-0.05, 0) is 58.8 Å². The fraction of sp³-hybridized carbons (Fsp3) is 1.00. The van der Waals surface area contributed by atoms with E-state index in [2.05, 4.69) is 23.9 Å². The minimum absolute atomic E-state index is 0.398. The number of nitrogens with zero attached hydrogens (tertiary/aromatic N) is 2. The van der Waals surface area contributed by atoms with Crippen molar-refractivity contribution in [2.75, 3.05) is 33.7 Å². The first kappa shape index (κ1) is 14.3. The molecule has 2 N–H and O–H groups in total. The zero-order chi connectivity index (χ0) is 13.0. The highest BCUT2D eigenvalue weighted by molar-refractivity contribution is 4.83. The molecular formula is C15H31N3. The van der Waals surface area contributed by atoms with Gasteiger partial charge in [-0.15, -0.1) is 0 Å². The predicted molar refractivity (Wildman–Crippen MR) is 77.7 cm³/mol. The molecule has 0 spiro atoms. The Balaban J connectivity index is 1.73. The molecule has 1 saturated heterocycles. The molecule has 0 bridgehead atoms. The Bertz CT molecular complexity index is 230. The van der Waals surface area contributed by atoms with Crippen LogP contribution >= 0.6 is 0 Å². The topological polar surface area (TPSA) is 32.5 Å². The molecule has 1 saturated carbocycles. The van der Waals surface area contributed by atoms with Crippen LogP contribution in [-0.2, 0) is 0 Å². The summed E-state index contributed by atoms with van der Waals surface area (Å²) in [5.74, 6) is 0.785. The van der Waals surface area contributed by atoms with Crippen molar-refractivity contribution >= 4 is 0 Å². The molecule has 106 valence electrons. The highest BCUT2D eigenvalue weighted by Crippen LogP contribution is 2.26. The van der Waals surface area contributed by atoms with E-state index in [9.17, 15) is 0 Å². The van der Waals surface area contributed by atoms with Gasteiger partial charge in [-0.1, -0.05) is 19.3 Å². The number of nitrogens with two attached hydrogens (primary N) is 1. The van der Waals surface area contributed by atoms with Gasteiger partial charge in [-0.3, -0.25) is 0 Å². The average molecular weight is 253 g/mol. The first-order valence-electron chi connectivity index (χ1n) is 7.81. The molecule has 2 fully saturated rings. The highest BCUT2D eigenvalue weighted by Gasteiger charge is 2.25. The number of likely N-dealkylation sites (N-methyl/N-ethyl adjacent to an activating group) is 1. The number of hydrogen-bond donors (Lipinski definition) is 1. The minimum atomic E-state index is 0.398. The van der Waals surface area contributed by atoms with Crippen LogP contribution in [0.3, 0.4) is 0 Å². The fourth-order valence-corrected chi connectivity index (χ4v) is 3.63. The monoisotopic (exact) mass is 253 g/mol. The molecule has 0 aromatic rings. The summed E-state index contributed by atoms with van der Waals surface area (Å²) in [4.78, 5) is 4.97. The maximum atomic E-state index is 6.43. The fourth-order valence-electron chi connectivity index (χ4n) is 3.63. The van der Waals surface area contributed by atoms with Gasteiger partial charge in [-0.2, -0.15) is 0 Å². The van der Waals surface area contributed by atoms with Crippen LogP contribution in [0.5, 0.6) is 0 Å². The van der Waals surface area contributed by atoms with E-state index in [0.29, 0.717) is 6.04 Å². The van der Waals surface area contributed by atoms with Gasteiger partial charge < -0.3 is 15.5 Å². The van der Waals surface area contributed by atoms with E-state index in [1.807, 2.05) is 0 Å². The quantitative estimate of drug-likeness (QED) is 0.831. The Morgan fingerprint density at radius 3 is 2.33 bits per heavy atom. The molecule has 0 radical (unpaired) electrons. The first-order chi connectivity index (χ1) is 8.66. The van der Waals surface area contributed by atoms with Gasteiger partial charge in [-0.25, -0.2) is 0 Å². The second-order valence-corrected chi connectivity index (χ2v) is 6.54. The van der Waals surface area contributed by atoms with Crippen LogP contribution < -0.4 is 5.73 Å². The summed E-state index contributed by atoms with van der Waals surface area (Å²) in [5, 5.41) is 0. The van der Waals surface area contributed by atoms with Crippen molar-refractivity contribution in [2.24, 2.45) is 11.7 Å². The van der Waals surface area contributed by atoms with Gasteiger partial charge in [0.25, 0.3) is 0 Å². The van der Waals surface area contributed by atoms with Gasteiger partial charge in [0.05, 0.1) is 0 Å². The number of rotatable bonds is 4. The molecule has 3 nitrogen and oxygen atoms in total. The van der Waals surface area contributed by atoms with Gasteiger partial charge in [0.15, 0.2) is 0 Å². The summed E-state index contributed by atoms with van der Waals surface area (Å²) in [6, 6.07) is 1.16. The van der Waals surface area contributed by atoms with Gasteiger partial charge in [0, 0.05) is 18.6 Å². The van der Waals surface area contributed by atoms with Crippen LogP contribution in [0.4, 0.5) is 0 Å². The SMILES string of the molecule is CN1CCC(N(C)CC(N)C2CCCCC2)CC1. The molecule has 1 aliphatic carbocycles. The van der Waals surface area contributed by atoms with Crippen molar-refractivity contribution in [1.82, 2.24) is 9.80 Å². The summed E-state index contributed by atoms with van der Waals surface area (Å²) in [5.41, 5.74) is 6.43. The van der Waals surface area contributed by atoms with E-state index < -0.39 is 0 Å². The predicted octanol–water partition coefficient (Wildman–Crippen LogP) is 1.92. The summed E-state index contributed by atoms with van der Waals surface area (Å²) in [6.07, 6.45) is 9.57. The third-order valence-electron chi connectivity index (χ3n) is 5.07. The Labute approximate surface area is 113 Å². The molecule has 1 aliphatic heterocycles. The van der Waals surface area contributed by atoms with Crippen LogP contribution in [0.2, 0.25) is 0 Å².